The number of hydrogen-bond acceptors (Lipinski definition) is 3. The van der Waals surface area contributed by atoms with Gasteiger partial charge < -0.3 is 11.1 Å². The molecule has 5 nitrogen and oxygen atoms in total. The molecule has 5 heteroatoms. The van der Waals surface area contributed by atoms with Crippen LogP contribution in [0.2, 0.25) is 0 Å². The highest BCUT2D eigenvalue weighted by molar-refractivity contribution is 5.93. The number of carbonyl (C=O) groups is 2. The SMILES string of the molecule is CCCC[C@@H](C)C(=O)Nc1ccccc1CN1CCC[C@@H](C(N)=O)C1. The summed E-state index contributed by atoms with van der Waals surface area (Å²) in [6.07, 6.45) is 4.94. The molecule has 138 valence electrons. The van der Waals surface area contributed by atoms with E-state index in [1.165, 1.54) is 0 Å². The number of nitrogens with two attached hydrogens (primary N) is 1. The molecule has 1 aromatic rings. The summed E-state index contributed by atoms with van der Waals surface area (Å²) in [5.74, 6) is -0.183. The molecular formula is C20H31N3O2. The Kier molecular flexibility index (Phi) is 7.44. The Labute approximate surface area is 151 Å². The van der Waals surface area contributed by atoms with Crippen LogP contribution in [0.1, 0.15) is 51.5 Å². The number of benzene rings is 1. The summed E-state index contributed by atoms with van der Waals surface area (Å²) in [7, 11) is 0. The fourth-order valence-corrected chi connectivity index (χ4v) is 3.35. The van der Waals surface area contributed by atoms with E-state index < -0.39 is 0 Å². The van der Waals surface area contributed by atoms with Gasteiger partial charge in [0.05, 0.1) is 5.92 Å². The van der Waals surface area contributed by atoms with Crippen molar-refractivity contribution in [1.29, 1.82) is 0 Å². The number of likely N-dealkylation sites (tertiary alicyclic amines) is 1. The lowest BCUT2D eigenvalue weighted by molar-refractivity contribution is -0.123. The fraction of sp³-hybridized carbons (Fsp3) is 0.600. The zero-order valence-corrected chi connectivity index (χ0v) is 15.5. The third kappa shape index (κ3) is 5.85. The molecule has 1 aliphatic rings. The van der Waals surface area contributed by atoms with Gasteiger partial charge in [0.1, 0.15) is 0 Å². The Bertz CT molecular complexity index is 588. The van der Waals surface area contributed by atoms with Crippen LogP contribution in [0.25, 0.3) is 0 Å². The molecule has 25 heavy (non-hydrogen) atoms. The van der Waals surface area contributed by atoms with E-state index in [4.69, 9.17) is 5.73 Å². The van der Waals surface area contributed by atoms with Gasteiger partial charge in [-0.25, -0.2) is 0 Å². The standard InChI is InChI=1S/C20H31N3O2/c1-3-4-8-15(2)20(25)22-18-11-6-5-9-16(18)13-23-12-7-10-17(14-23)19(21)24/h5-6,9,11,15,17H,3-4,7-8,10,12-14H2,1-2H3,(H2,21,24)(H,22,25)/t15-,17-/m1/s1. The van der Waals surface area contributed by atoms with Crippen molar-refractivity contribution in [3.05, 3.63) is 29.8 Å². The van der Waals surface area contributed by atoms with Crippen molar-refractivity contribution in [1.82, 2.24) is 4.90 Å². The van der Waals surface area contributed by atoms with Crippen molar-refractivity contribution in [3.8, 4) is 0 Å². The zero-order chi connectivity index (χ0) is 18.2. The second-order valence-corrected chi connectivity index (χ2v) is 7.17. The number of unbranched alkanes of at least 4 members (excludes halogenated alkanes) is 1. The molecule has 2 rings (SSSR count). The largest absolute Gasteiger partial charge is 0.369 e. The van der Waals surface area contributed by atoms with Crippen molar-refractivity contribution in [2.75, 3.05) is 18.4 Å². The van der Waals surface area contributed by atoms with Gasteiger partial charge in [-0.2, -0.15) is 0 Å². The molecule has 1 aliphatic heterocycles. The van der Waals surface area contributed by atoms with E-state index >= 15 is 0 Å². The van der Waals surface area contributed by atoms with E-state index in [-0.39, 0.29) is 23.7 Å². The van der Waals surface area contributed by atoms with Gasteiger partial charge in [-0.1, -0.05) is 44.9 Å². The third-order valence-corrected chi connectivity index (χ3v) is 5.02. The van der Waals surface area contributed by atoms with Crippen LogP contribution in [0.15, 0.2) is 24.3 Å². The number of hydrogen-bond donors (Lipinski definition) is 2. The van der Waals surface area contributed by atoms with Crippen molar-refractivity contribution >= 4 is 17.5 Å². The molecule has 0 unspecified atom stereocenters. The predicted octanol–water partition coefficient (Wildman–Crippen LogP) is 3.15. The number of rotatable bonds is 8. The van der Waals surface area contributed by atoms with Crippen LogP contribution >= 0.6 is 0 Å². The highest BCUT2D eigenvalue weighted by atomic mass is 16.2. The monoisotopic (exact) mass is 345 g/mol. The molecule has 0 saturated carbocycles. The number of nitrogens with one attached hydrogen (secondary N) is 1. The summed E-state index contributed by atoms with van der Waals surface area (Å²) in [6.45, 7) is 6.50. The highest BCUT2D eigenvalue weighted by Gasteiger charge is 2.24. The van der Waals surface area contributed by atoms with Crippen molar-refractivity contribution in [3.63, 3.8) is 0 Å². The van der Waals surface area contributed by atoms with E-state index in [1.54, 1.807) is 0 Å². The molecule has 2 atom stereocenters. The Morgan fingerprint density at radius 1 is 1.36 bits per heavy atom. The summed E-state index contributed by atoms with van der Waals surface area (Å²) in [4.78, 5) is 26.1. The lowest BCUT2D eigenvalue weighted by Gasteiger charge is -2.31. The third-order valence-electron chi connectivity index (χ3n) is 5.02. The van der Waals surface area contributed by atoms with E-state index in [0.717, 1.165) is 56.4 Å². The molecule has 2 amide bonds. The lowest BCUT2D eigenvalue weighted by Crippen LogP contribution is -2.40. The Morgan fingerprint density at radius 3 is 2.84 bits per heavy atom. The van der Waals surface area contributed by atoms with Crippen molar-refractivity contribution in [2.45, 2.75) is 52.5 Å². The first-order valence-electron chi connectivity index (χ1n) is 9.41. The quantitative estimate of drug-likeness (QED) is 0.760. The first-order valence-corrected chi connectivity index (χ1v) is 9.41. The Morgan fingerprint density at radius 2 is 2.12 bits per heavy atom. The van der Waals surface area contributed by atoms with Gasteiger partial charge in [0.15, 0.2) is 0 Å². The van der Waals surface area contributed by atoms with Crippen LogP contribution < -0.4 is 11.1 Å². The molecule has 0 aliphatic carbocycles. The van der Waals surface area contributed by atoms with Crippen LogP contribution in [0.5, 0.6) is 0 Å². The van der Waals surface area contributed by atoms with Crippen LogP contribution in [0.3, 0.4) is 0 Å². The minimum atomic E-state index is -0.212. The average Bonchev–Trinajstić information content (AvgIpc) is 2.61. The molecule has 1 heterocycles. The number of nitrogens with zero attached hydrogens (tertiary/aromatic N) is 1. The number of amides is 2. The van der Waals surface area contributed by atoms with E-state index in [2.05, 4.69) is 17.1 Å². The summed E-state index contributed by atoms with van der Waals surface area (Å²) < 4.78 is 0. The summed E-state index contributed by atoms with van der Waals surface area (Å²) in [5, 5.41) is 3.09. The molecule has 3 N–H and O–H groups in total. The maximum absolute atomic E-state index is 12.4. The molecule has 1 saturated heterocycles. The maximum atomic E-state index is 12.4. The van der Waals surface area contributed by atoms with Gasteiger partial charge >= 0.3 is 0 Å². The van der Waals surface area contributed by atoms with Gasteiger partial charge in [0.2, 0.25) is 11.8 Å². The van der Waals surface area contributed by atoms with Crippen LogP contribution in [-0.4, -0.2) is 29.8 Å². The van der Waals surface area contributed by atoms with E-state index in [0.29, 0.717) is 6.54 Å². The van der Waals surface area contributed by atoms with Crippen LogP contribution in [-0.2, 0) is 16.1 Å². The number of anilines is 1. The van der Waals surface area contributed by atoms with Gasteiger partial charge in [0, 0.05) is 24.7 Å². The van der Waals surface area contributed by atoms with Crippen LogP contribution in [0.4, 0.5) is 5.69 Å². The number of carbonyl (C=O) groups excluding carboxylic acids is 2. The molecule has 1 aromatic carbocycles. The van der Waals surface area contributed by atoms with Crippen molar-refractivity contribution < 1.29 is 9.59 Å². The molecule has 1 fully saturated rings. The number of para-hydroxylation sites is 1. The summed E-state index contributed by atoms with van der Waals surface area (Å²) >= 11 is 0. The van der Waals surface area contributed by atoms with Crippen LogP contribution in [0, 0.1) is 11.8 Å². The van der Waals surface area contributed by atoms with E-state index in [9.17, 15) is 9.59 Å². The fourth-order valence-electron chi connectivity index (χ4n) is 3.35. The summed E-state index contributed by atoms with van der Waals surface area (Å²) in [5.41, 5.74) is 7.43. The number of piperidine rings is 1. The molecule has 0 radical (unpaired) electrons. The number of primary amides is 1. The second kappa shape index (κ2) is 9.56. The van der Waals surface area contributed by atoms with E-state index in [1.807, 2.05) is 31.2 Å². The van der Waals surface area contributed by atoms with Gasteiger partial charge in [-0.15, -0.1) is 0 Å². The van der Waals surface area contributed by atoms with Gasteiger partial charge in [0.25, 0.3) is 0 Å². The highest BCUT2D eigenvalue weighted by Crippen LogP contribution is 2.23. The molecule has 0 bridgehead atoms. The first-order chi connectivity index (χ1) is 12.0. The molecule has 0 aromatic heterocycles. The van der Waals surface area contributed by atoms with Crippen molar-refractivity contribution in [2.24, 2.45) is 17.6 Å². The topological polar surface area (TPSA) is 75.4 Å². The predicted molar refractivity (Wildman–Crippen MR) is 101 cm³/mol. The first kappa shape index (κ1) is 19.4. The van der Waals surface area contributed by atoms with Gasteiger partial charge in [-0.3, -0.25) is 14.5 Å². The Hall–Kier alpha value is -1.88. The normalized spacial score (nSPS) is 19.4. The smallest absolute Gasteiger partial charge is 0.227 e. The second-order valence-electron chi connectivity index (χ2n) is 7.17. The summed E-state index contributed by atoms with van der Waals surface area (Å²) in [6, 6.07) is 7.93. The maximum Gasteiger partial charge on any atom is 0.227 e. The molecule has 0 spiro atoms. The molecular weight excluding hydrogens is 314 g/mol. The minimum absolute atomic E-state index is 0.0160. The zero-order valence-electron chi connectivity index (χ0n) is 15.5. The Balaban J connectivity index is 2.00. The average molecular weight is 345 g/mol. The minimum Gasteiger partial charge on any atom is -0.369 e. The lowest BCUT2D eigenvalue weighted by atomic mass is 9.97. The van der Waals surface area contributed by atoms with Gasteiger partial charge in [-0.05, 0) is 37.4 Å².